The van der Waals surface area contributed by atoms with Crippen LogP contribution in [0.25, 0.3) is 6.08 Å². The zero-order valence-corrected chi connectivity index (χ0v) is 26.7. The molecule has 0 atom stereocenters. The van der Waals surface area contributed by atoms with Gasteiger partial charge in [-0.2, -0.15) is 0 Å². The van der Waals surface area contributed by atoms with Gasteiger partial charge in [-0.3, -0.25) is 9.59 Å². The average Bonchev–Trinajstić information content (AvgIpc) is 3.47. The third-order valence-corrected chi connectivity index (χ3v) is 7.60. The molecule has 9 nitrogen and oxygen atoms in total. The predicted molar refractivity (Wildman–Crippen MR) is 175 cm³/mol. The summed E-state index contributed by atoms with van der Waals surface area (Å²) >= 11 is 0. The molecule has 1 aliphatic rings. The average molecular weight is 611 g/mol. The number of phenolic OH excluding ortho intramolecular Hbond substituents is 1. The van der Waals surface area contributed by atoms with Crippen LogP contribution < -0.4 is 9.47 Å². The molecule has 0 saturated heterocycles. The van der Waals surface area contributed by atoms with Gasteiger partial charge in [-0.05, 0) is 74.4 Å². The summed E-state index contributed by atoms with van der Waals surface area (Å²) < 4.78 is 12.6. The van der Waals surface area contributed by atoms with Gasteiger partial charge in [0, 0.05) is 17.8 Å². The number of hydrogen-bond donors (Lipinski definition) is 1. The Balaban J connectivity index is 1.33. The number of allylic oxidation sites excluding steroid dienone is 6. The van der Waals surface area contributed by atoms with E-state index in [1.54, 1.807) is 41.1 Å². The number of ketones is 1. The molecule has 1 aromatic heterocycles. The van der Waals surface area contributed by atoms with Crippen molar-refractivity contribution in [2.45, 2.75) is 60.0 Å². The topological polar surface area (TPSA) is 107 Å². The Morgan fingerprint density at radius 3 is 2.58 bits per heavy atom. The van der Waals surface area contributed by atoms with E-state index < -0.39 is 0 Å². The fraction of sp³-hybridized carbons (Fsp3) is 0.333. The molecule has 0 unspecified atom stereocenters. The summed E-state index contributed by atoms with van der Waals surface area (Å²) in [6, 6.07) is 11.9. The first-order valence-electron chi connectivity index (χ1n) is 15.1. The van der Waals surface area contributed by atoms with Crippen molar-refractivity contribution in [2.24, 2.45) is 5.41 Å². The summed E-state index contributed by atoms with van der Waals surface area (Å²) in [5.41, 5.74) is 3.79. The van der Waals surface area contributed by atoms with Gasteiger partial charge < -0.3 is 19.5 Å². The zero-order chi connectivity index (χ0) is 32.4. The highest BCUT2D eigenvalue weighted by molar-refractivity contribution is 6.08. The van der Waals surface area contributed by atoms with E-state index in [9.17, 15) is 14.7 Å². The van der Waals surface area contributed by atoms with Crippen LogP contribution in [-0.2, 0) is 17.9 Å². The smallest absolute Gasteiger partial charge is 0.250 e. The lowest BCUT2D eigenvalue weighted by Gasteiger charge is -2.23. The second kappa shape index (κ2) is 15.2. The summed E-state index contributed by atoms with van der Waals surface area (Å²) in [6.07, 6.45) is 15.6. The zero-order valence-electron chi connectivity index (χ0n) is 26.7. The lowest BCUT2D eigenvalue weighted by Crippen LogP contribution is -2.28. The van der Waals surface area contributed by atoms with Gasteiger partial charge in [-0.25, -0.2) is 4.68 Å². The lowest BCUT2D eigenvalue weighted by molar-refractivity contribution is -0.124. The number of methoxy groups -OCH3 is 1. The van der Waals surface area contributed by atoms with E-state index in [0.29, 0.717) is 24.5 Å². The fourth-order valence-electron chi connectivity index (χ4n) is 4.72. The maximum Gasteiger partial charge on any atom is 0.250 e. The summed E-state index contributed by atoms with van der Waals surface area (Å²) in [4.78, 5) is 27.6. The fourth-order valence-corrected chi connectivity index (χ4v) is 4.72. The molecule has 9 heteroatoms. The maximum atomic E-state index is 13.2. The van der Waals surface area contributed by atoms with Crippen LogP contribution >= 0.6 is 0 Å². The summed E-state index contributed by atoms with van der Waals surface area (Å²) in [5, 5.41) is 18.9. The Morgan fingerprint density at radius 1 is 1.09 bits per heavy atom. The first-order valence-corrected chi connectivity index (χ1v) is 15.1. The molecule has 4 rings (SSSR count). The van der Waals surface area contributed by atoms with E-state index in [0.717, 1.165) is 36.3 Å². The van der Waals surface area contributed by atoms with Crippen LogP contribution in [-0.4, -0.2) is 50.4 Å². The van der Waals surface area contributed by atoms with Crippen molar-refractivity contribution in [3.8, 4) is 17.2 Å². The van der Waals surface area contributed by atoms with Gasteiger partial charge >= 0.3 is 0 Å². The van der Waals surface area contributed by atoms with Gasteiger partial charge in [0.25, 0.3) is 5.91 Å². The van der Waals surface area contributed by atoms with Crippen LogP contribution in [0.4, 0.5) is 0 Å². The molecule has 0 spiro atoms. The number of nitrogens with zero attached hydrogens (tertiary/aromatic N) is 4. The number of aromatic hydroxyl groups is 1. The third-order valence-electron chi connectivity index (χ3n) is 7.60. The Bertz CT molecular complexity index is 1610. The number of rotatable bonds is 10. The van der Waals surface area contributed by atoms with Crippen molar-refractivity contribution in [2.75, 3.05) is 13.7 Å². The van der Waals surface area contributed by atoms with E-state index in [1.807, 2.05) is 37.3 Å². The minimum Gasteiger partial charge on any atom is -0.507 e. The number of carbonyl (C=O) groups is 2. The van der Waals surface area contributed by atoms with E-state index >= 15 is 0 Å². The van der Waals surface area contributed by atoms with Gasteiger partial charge in [0.15, 0.2) is 5.78 Å². The molecule has 236 valence electrons. The van der Waals surface area contributed by atoms with Gasteiger partial charge in [-0.15, -0.1) is 5.10 Å². The normalized spacial score (nSPS) is 17.5. The van der Waals surface area contributed by atoms with Gasteiger partial charge in [0.05, 0.1) is 32.0 Å². The molecule has 45 heavy (non-hydrogen) atoms. The van der Waals surface area contributed by atoms with Gasteiger partial charge in [0.1, 0.15) is 29.5 Å². The Kier molecular flexibility index (Phi) is 11.1. The number of aromatic nitrogens is 3. The highest BCUT2D eigenvalue weighted by Crippen LogP contribution is 2.27. The molecular weight excluding hydrogens is 568 g/mol. The molecule has 0 saturated carbocycles. The van der Waals surface area contributed by atoms with Crippen LogP contribution in [0.3, 0.4) is 0 Å². The van der Waals surface area contributed by atoms with E-state index in [2.05, 4.69) is 43.2 Å². The van der Waals surface area contributed by atoms with Crippen molar-refractivity contribution in [1.82, 2.24) is 19.9 Å². The molecule has 1 N–H and O–H groups in total. The second-order valence-corrected chi connectivity index (χ2v) is 11.9. The Labute approximate surface area is 265 Å². The van der Waals surface area contributed by atoms with Crippen molar-refractivity contribution >= 4 is 17.8 Å². The molecule has 2 heterocycles. The highest BCUT2D eigenvalue weighted by Gasteiger charge is 2.19. The number of benzene rings is 2. The van der Waals surface area contributed by atoms with E-state index in [4.69, 9.17) is 9.47 Å². The minimum absolute atomic E-state index is 0.0889. The van der Waals surface area contributed by atoms with Crippen molar-refractivity contribution in [3.05, 3.63) is 107 Å². The molecule has 0 aliphatic carbocycles. The standard InChI is InChI=1S/C36H42N4O5/c1-26-7-6-8-27(2)40(35(43)18-20-36(3,4)19-17-26)25-29-24-39(38-37-29)21-22-45-31-14-15-32(34(42)23-31)33(41)16-11-28-9-12-30(44-5)13-10-28/h8-18,20,23-24,42H,6-7,19,21-22,25H2,1-5H3/b16-11+,20-18+,26-17+,27-8?. The first kappa shape index (κ1) is 33.0. The highest BCUT2D eigenvalue weighted by atomic mass is 16.5. The molecule has 0 bridgehead atoms. The molecule has 3 aromatic rings. The molecule has 0 fully saturated rings. The van der Waals surface area contributed by atoms with Crippen LogP contribution in [0.1, 0.15) is 68.6 Å². The van der Waals surface area contributed by atoms with Crippen molar-refractivity contribution in [3.63, 3.8) is 0 Å². The Hall–Kier alpha value is -4.92. The van der Waals surface area contributed by atoms with Crippen LogP contribution in [0.2, 0.25) is 0 Å². The lowest BCUT2D eigenvalue weighted by atomic mass is 9.87. The van der Waals surface area contributed by atoms with Crippen molar-refractivity contribution < 1.29 is 24.2 Å². The Morgan fingerprint density at radius 2 is 1.84 bits per heavy atom. The largest absolute Gasteiger partial charge is 0.507 e. The van der Waals surface area contributed by atoms with E-state index in [-0.39, 0.29) is 35.0 Å². The first-order chi connectivity index (χ1) is 21.5. The van der Waals surface area contributed by atoms with Crippen LogP contribution in [0.15, 0.2) is 90.3 Å². The number of amides is 1. The molecule has 2 aromatic carbocycles. The molecular formula is C36H42N4O5. The number of carbonyl (C=O) groups excluding carboxylic acids is 2. The quantitative estimate of drug-likeness (QED) is 0.151. The summed E-state index contributed by atoms with van der Waals surface area (Å²) in [5.74, 6) is 0.581. The van der Waals surface area contributed by atoms with Crippen LogP contribution in [0, 0.1) is 5.41 Å². The predicted octanol–water partition coefficient (Wildman–Crippen LogP) is 6.91. The monoisotopic (exact) mass is 610 g/mol. The number of phenols is 1. The molecule has 0 radical (unpaired) electrons. The molecule has 1 aliphatic heterocycles. The second-order valence-electron chi connectivity index (χ2n) is 11.9. The van der Waals surface area contributed by atoms with Crippen molar-refractivity contribution in [1.29, 1.82) is 0 Å². The van der Waals surface area contributed by atoms with Crippen LogP contribution in [0.5, 0.6) is 17.2 Å². The third kappa shape index (κ3) is 9.79. The SMILES string of the molecule is COc1ccc(/C=C/C(=O)c2ccc(OCCn3cc(CN4C(=O)/C=C/C(C)(C)C/C=C(\C)CCC=C4C)nn3)cc2O)cc1. The summed E-state index contributed by atoms with van der Waals surface area (Å²) in [7, 11) is 1.59. The van der Waals surface area contributed by atoms with Gasteiger partial charge in [0.2, 0.25) is 0 Å². The maximum absolute atomic E-state index is 13.2. The minimum atomic E-state index is -0.322. The number of ether oxygens (including phenoxy) is 2. The summed E-state index contributed by atoms with van der Waals surface area (Å²) in [6.45, 7) is 9.34. The molecule has 1 amide bonds. The number of hydrogen-bond acceptors (Lipinski definition) is 7. The van der Waals surface area contributed by atoms with Gasteiger partial charge in [-0.1, -0.05) is 61.1 Å². The van der Waals surface area contributed by atoms with E-state index in [1.165, 1.54) is 23.8 Å².